The van der Waals surface area contributed by atoms with Crippen LogP contribution in [0.15, 0.2) is 0 Å². The molecule has 8 heteroatoms. The summed E-state index contributed by atoms with van der Waals surface area (Å²) in [4.78, 5) is 27.2. The summed E-state index contributed by atoms with van der Waals surface area (Å²) in [5.74, 6) is 0.899. The fraction of sp³-hybridized carbons (Fsp3) is 0.833. The van der Waals surface area contributed by atoms with Crippen LogP contribution in [0.5, 0.6) is 0 Å². The summed E-state index contributed by atoms with van der Waals surface area (Å²) in [6.45, 7) is 4.81. The third-order valence-electron chi connectivity index (χ3n) is 3.16. The lowest BCUT2D eigenvalue weighted by Gasteiger charge is -2.35. The van der Waals surface area contributed by atoms with Gasteiger partial charge in [-0.3, -0.25) is 4.79 Å². The molecule has 0 bridgehead atoms. The molecule has 118 valence electrons. The van der Waals surface area contributed by atoms with Crippen molar-refractivity contribution in [2.24, 2.45) is 5.73 Å². The highest BCUT2D eigenvalue weighted by molar-refractivity contribution is 7.98. The molecule has 20 heavy (non-hydrogen) atoms. The molecule has 1 heterocycles. The monoisotopic (exact) mass is 324 g/mol. The Kier molecular flexibility index (Phi) is 9.79. The van der Waals surface area contributed by atoms with E-state index in [-0.39, 0.29) is 24.3 Å². The van der Waals surface area contributed by atoms with Gasteiger partial charge in [0, 0.05) is 32.7 Å². The highest BCUT2D eigenvalue weighted by Gasteiger charge is 2.26. The summed E-state index contributed by atoms with van der Waals surface area (Å²) in [5.41, 5.74) is 5.88. The normalized spacial score (nSPS) is 16.4. The van der Waals surface area contributed by atoms with Crippen LogP contribution in [0.25, 0.3) is 0 Å². The zero-order valence-electron chi connectivity index (χ0n) is 12.1. The Bertz CT molecular complexity index is 312. The standard InChI is InChI=1S/C12H24N4O2S.ClH/c1-3-14-12(18)16-7-5-15(6-8-16)11(17)10(13)4-9-19-2;/h10H,3-9,13H2,1-2H3,(H,14,18);1H/t10-;/m0./s1. The number of hydrogen-bond donors (Lipinski definition) is 2. The van der Waals surface area contributed by atoms with E-state index in [1.165, 1.54) is 0 Å². The van der Waals surface area contributed by atoms with Gasteiger partial charge in [-0.2, -0.15) is 11.8 Å². The maximum atomic E-state index is 12.1. The highest BCUT2D eigenvalue weighted by Crippen LogP contribution is 2.07. The van der Waals surface area contributed by atoms with Gasteiger partial charge < -0.3 is 20.9 Å². The molecule has 0 radical (unpaired) electrons. The average Bonchev–Trinajstić information content (AvgIpc) is 2.44. The summed E-state index contributed by atoms with van der Waals surface area (Å²) >= 11 is 1.69. The largest absolute Gasteiger partial charge is 0.338 e. The zero-order chi connectivity index (χ0) is 14.3. The molecule has 0 saturated carbocycles. The third kappa shape index (κ3) is 5.76. The molecule has 6 nitrogen and oxygen atoms in total. The van der Waals surface area contributed by atoms with E-state index in [4.69, 9.17) is 5.73 Å². The maximum Gasteiger partial charge on any atom is 0.317 e. The molecule has 0 unspecified atom stereocenters. The van der Waals surface area contributed by atoms with Crippen LogP contribution in [-0.2, 0) is 4.79 Å². The molecule has 0 aromatic carbocycles. The topological polar surface area (TPSA) is 78.7 Å². The first-order valence-electron chi connectivity index (χ1n) is 6.66. The van der Waals surface area contributed by atoms with Crippen molar-refractivity contribution in [3.63, 3.8) is 0 Å². The predicted octanol–water partition coefficient (Wildman–Crippen LogP) is 0.362. The molecular weight excluding hydrogens is 300 g/mol. The Morgan fingerprint density at radius 1 is 1.25 bits per heavy atom. The van der Waals surface area contributed by atoms with Crippen molar-refractivity contribution in [2.75, 3.05) is 44.7 Å². The van der Waals surface area contributed by atoms with Crippen molar-refractivity contribution in [1.82, 2.24) is 15.1 Å². The van der Waals surface area contributed by atoms with Crippen LogP contribution < -0.4 is 11.1 Å². The van der Waals surface area contributed by atoms with E-state index in [0.717, 1.165) is 5.75 Å². The summed E-state index contributed by atoms with van der Waals surface area (Å²) in [6.07, 6.45) is 2.71. The van der Waals surface area contributed by atoms with E-state index < -0.39 is 6.04 Å². The van der Waals surface area contributed by atoms with Crippen LogP contribution in [-0.4, -0.2) is 72.5 Å². The number of piperazine rings is 1. The Morgan fingerprint density at radius 3 is 2.30 bits per heavy atom. The van der Waals surface area contributed by atoms with E-state index in [0.29, 0.717) is 39.1 Å². The number of thioether (sulfide) groups is 1. The second-order valence-electron chi connectivity index (χ2n) is 4.54. The molecule has 1 aliphatic heterocycles. The molecule has 3 N–H and O–H groups in total. The number of carbonyl (C=O) groups excluding carboxylic acids is 2. The number of amides is 3. The molecule has 0 aromatic heterocycles. The number of urea groups is 1. The summed E-state index contributed by atoms with van der Waals surface area (Å²) in [5, 5.41) is 2.77. The van der Waals surface area contributed by atoms with Crippen molar-refractivity contribution < 1.29 is 9.59 Å². The van der Waals surface area contributed by atoms with Gasteiger partial charge in [-0.25, -0.2) is 4.79 Å². The molecule has 1 aliphatic rings. The van der Waals surface area contributed by atoms with Gasteiger partial charge in [-0.1, -0.05) is 0 Å². The van der Waals surface area contributed by atoms with Crippen molar-refractivity contribution in [3.05, 3.63) is 0 Å². The first-order chi connectivity index (χ1) is 9.10. The molecule has 1 atom stereocenters. The van der Waals surface area contributed by atoms with Gasteiger partial charge in [0.15, 0.2) is 0 Å². The smallest absolute Gasteiger partial charge is 0.317 e. The second-order valence-corrected chi connectivity index (χ2v) is 5.52. The van der Waals surface area contributed by atoms with E-state index in [9.17, 15) is 9.59 Å². The predicted molar refractivity (Wildman–Crippen MR) is 85.4 cm³/mol. The van der Waals surface area contributed by atoms with Gasteiger partial charge in [0.2, 0.25) is 5.91 Å². The number of carbonyl (C=O) groups is 2. The average molecular weight is 325 g/mol. The van der Waals surface area contributed by atoms with E-state index in [1.54, 1.807) is 21.6 Å². The van der Waals surface area contributed by atoms with Gasteiger partial charge >= 0.3 is 6.03 Å². The van der Waals surface area contributed by atoms with Crippen molar-refractivity contribution in [1.29, 1.82) is 0 Å². The van der Waals surface area contributed by atoms with Crippen molar-refractivity contribution in [2.45, 2.75) is 19.4 Å². The molecule has 0 aliphatic carbocycles. The number of nitrogens with one attached hydrogen (secondary N) is 1. The molecule has 0 spiro atoms. The zero-order valence-corrected chi connectivity index (χ0v) is 13.8. The van der Waals surface area contributed by atoms with Crippen LogP contribution in [0.1, 0.15) is 13.3 Å². The number of nitrogens with zero attached hydrogens (tertiary/aromatic N) is 2. The lowest BCUT2D eigenvalue weighted by Crippen LogP contribution is -2.56. The van der Waals surface area contributed by atoms with Crippen LogP contribution in [0.2, 0.25) is 0 Å². The van der Waals surface area contributed by atoms with E-state index in [2.05, 4.69) is 5.32 Å². The maximum absolute atomic E-state index is 12.1. The molecule has 1 saturated heterocycles. The molecule has 0 aromatic rings. The van der Waals surface area contributed by atoms with Gasteiger partial charge in [0.05, 0.1) is 6.04 Å². The highest BCUT2D eigenvalue weighted by atomic mass is 35.5. The van der Waals surface area contributed by atoms with Crippen LogP contribution in [0.4, 0.5) is 4.79 Å². The lowest BCUT2D eigenvalue weighted by molar-refractivity contribution is -0.134. The SMILES string of the molecule is CCNC(=O)N1CCN(C(=O)[C@@H](N)CCSC)CC1.Cl. The van der Waals surface area contributed by atoms with E-state index in [1.807, 2.05) is 13.2 Å². The number of halogens is 1. The van der Waals surface area contributed by atoms with Crippen LogP contribution in [0.3, 0.4) is 0 Å². The molecule has 1 rings (SSSR count). The van der Waals surface area contributed by atoms with Gasteiger partial charge in [0.25, 0.3) is 0 Å². The minimum absolute atomic E-state index is 0. The Morgan fingerprint density at radius 2 is 1.80 bits per heavy atom. The number of rotatable bonds is 5. The molecule has 3 amide bonds. The minimum atomic E-state index is -0.413. The molecular formula is C12H25ClN4O2S. The number of nitrogens with two attached hydrogens (primary N) is 1. The van der Waals surface area contributed by atoms with Crippen LogP contribution >= 0.6 is 24.2 Å². The fourth-order valence-electron chi connectivity index (χ4n) is 2.00. The Labute approximate surface area is 131 Å². The van der Waals surface area contributed by atoms with E-state index >= 15 is 0 Å². The first-order valence-corrected chi connectivity index (χ1v) is 8.05. The number of hydrogen-bond acceptors (Lipinski definition) is 4. The second kappa shape index (κ2) is 10.1. The minimum Gasteiger partial charge on any atom is -0.338 e. The Hall–Kier alpha value is -0.660. The first kappa shape index (κ1) is 19.3. The van der Waals surface area contributed by atoms with Gasteiger partial charge in [-0.15, -0.1) is 12.4 Å². The van der Waals surface area contributed by atoms with Crippen molar-refractivity contribution >= 4 is 36.1 Å². The lowest BCUT2D eigenvalue weighted by atomic mass is 10.2. The fourth-order valence-corrected chi connectivity index (χ4v) is 2.49. The van der Waals surface area contributed by atoms with Crippen LogP contribution in [0, 0.1) is 0 Å². The molecule has 1 fully saturated rings. The third-order valence-corrected chi connectivity index (χ3v) is 3.80. The van der Waals surface area contributed by atoms with Gasteiger partial charge in [-0.05, 0) is 25.4 Å². The summed E-state index contributed by atoms with van der Waals surface area (Å²) in [6, 6.07) is -0.468. The Balaban J connectivity index is 0.00000361. The van der Waals surface area contributed by atoms with Gasteiger partial charge in [0.1, 0.15) is 0 Å². The van der Waals surface area contributed by atoms with Crippen molar-refractivity contribution in [3.8, 4) is 0 Å². The quantitative estimate of drug-likeness (QED) is 0.765. The summed E-state index contributed by atoms with van der Waals surface area (Å²) < 4.78 is 0. The summed E-state index contributed by atoms with van der Waals surface area (Å²) in [7, 11) is 0.